The molecule has 3 unspecified atom stereocenters. The lowest BCUT2D eigenvalue weighted by atomic mass is 9.80. The van der Waals surface area contributed by atoms with Crippen molar-refractivity contribution >= 4 is 11.7 Å². The van der Waals surface area contributed by atoms with E-state index >= 15 is 0 Å². The zero-order valence-electron chi connectivity index (χ0n) is 17.1. The van der Waals surface area contributed by atoms with Crippen LogP contribution in [0.5, 0.6) is 5.75 Å². The van der Waals surface area contributed by atoms with Crippen LogP contribution in [0.4, 0.5) is 0 Å². The highest BCUT2D eigenvalue weighted by atomic mass is 16.6. The molecule has 2 aliphatic carbocycles. The number of nitrogens with one attached hydrogen (secondary N) is 1. The van der Waals surface area contributed by atoms with Gasteiger partial charge < -0.3 is 20.9 Å². The largest absolute Gasteiger partial charge is 0.454 e. The smallest absolute Gasteiger partial charge is 0.270 e. The van der Waals surface area contributed by atoms with Crippen molar-refractivity contribution in [1.82, 2.24) is 15.5 Å². The second kappa shape index (κ2) is 6.57. The predicted octanol–water partition coefficient (Wildman–Crippen LogP) is 1.47. The highest BCUT2D eigenvalue weighted by Gasteiger charge is 2.72. The van der Waals surface area contributed by atoms with E-state index in [1.54, 1.807) is 24.3 Å². The number of benzene rings is 1. The number of ketones is 1. The fourth-order valence-electron chi connectivity index (χ4n) is 4.65. The highest BCUT2D eigenvalue weighted by Crippen LogP contribution is 2.57. The van der Waals surface area contributed by atoms with Crippen molar-refractivity contribution in [3.05, 3.63) is 76.6 Å². The molecule has 1 aliphatic heterocycles. The minimum atomic E-state index is -2.11. The summed E-state index contributed by atoms with van der Waals surface area (Å²) in [5.74, 6) is -2.58. The normalized spacial score (nSPS) is 28.3. The third-order valence-corrected chi connectivity index (χ3v) is 6.28. The van der Waals surface area contributed by atoms with Gasteiger partial charge in [-0.1, -0.05) is 38.1 Å². The highest BCUT2D eigenvalue weighted by molar-refractivity contribution is 6.14. The topological polar surface area (TPSA) is 127 Å². The number of hydrogen-bond acceptors (Lipinski definition) is 7. The van der Waals surface area contributed by atoms with Gasteiger partial charge in [-0.2, -0.15) is 10.2 Å². The average molecular weight is 418 g/mol. The molecule has 8 nitrogen and oxygen atoms in total. The third kappa shape index (κ3) is 2.49. The van der Waals surface area contributed by atoms with Crippen LogP contribution < -0.4 is 15.8 Å². The molecule has 1 amide bonds. The summed E-state index contributed by atoms with van der Waals surface area (Å²) in [5.41, 5.74) is 6.53. The first kappa shape index (κ1) is 19.6. The van der Waals surface area contributed by atoms with Gasteiger partial charge in [0.2, 0.25) is 5.54 Å². The van der Waals surface area contributed by atoms with Gasteiger partial charge in [-0.3, -0.25) is 9.59 Å². The molecule has 0 radical (unpaired) electrons. The number of aromatic nitrogens is 2. The molecule has 8 heteroatoms. The van der Waals surface area contributed by atoms with Crippen LogP contribution in [-0.4, -0.2) is 38.8 Å². The van der Waals surface area contributed by atoms with Gasteiger partial charge in [-0.15, -0.1) is 0 Å². The van der Waals surface area contributed by atoms with Gasteiger partial charge in [-0.05, 0) is 30.0 Å². The Balaban J connectivity index is 1.71. The van der Waals surface area contributed by atoms with E-state index in [1.807, 2.05) is 19.9 Å². The maximum absolute atomic E-state index is 13.9. The first-order valence-electron chi connectivity index (χ1n) is 10.2. The first-order chi connectivity index (χ1) is 14.8. The van der Waals surface area contributed by atoms with Crippen molar-refractivity contribution in [3.8, 4) is 5.75 Å². The molecular weight excluding hydrogens is 396 g/mol. The molecule has 1 aromatic carbocycles. The van der Waals surface area contributed by atoms with Crippen molar-refractivity contribution in [3.63, 3.8) is 0 Å². The summed E-state index contributed by atoms with van der Waals surface area (Å²) in [6.45, 7) is 4.07. The van der Waals surface area contributed by atoms with Gasteiger partial charge in [0.15, 0.2) is 5.78 Å². The summed E-state index contributed by atoms with van der Waals surface area (Å²) in [7, 11) is 0. The molecule has 3 aliphatic rings. The zero-order chi connectivity index (χ0) is 22.0. The van der Waals surface area contributed by atoms with E-state index in [0.29, 0.717) is 17.7 Å². The van der Waals surface area contributed by atoms with Gasteiger partial charge >= 0.3 is 0 Å². The first-order valence-corrected chi connectivity index (χ1v) is 10.2. The number of carbonyl (C=O) groups is 2. The second-order valence-electron chi connectivity index (χ2n) is 8.39. The Morgan fingerprint density at radius 3 is 2.84 bits per heavy atom. The van der Waals surface area contributed by atoms with Crippen LogP contribution in [0.3, 0.4) is 0 Å². The van der Waals surface area contributed by atoms with E-state index in [2.05, 4.69) is 15.5 Å². The van der Waals surface area contributed by atoms with Crippen LogP contribution in [0.25, 0.3) is 0 Å². The number of ether oxygens (including phenoxy) is 1. The van der Waals surface area contributed by atoms with E-state index < -0.39 is 29.1 Å². The maximum atomic E-state index is 13.9. The molecular formula is C23H22N4O4. The fourth-order valence-corrected chi connectivity index (χ4v) is 4.65. The summed E-state index contributed by atoms with van der Waals surface area (Å²) in [5, 5.41) is 22.0. The lowest BCUT2D eigenvalue weighted by Crippen LogP contribution is -2.63. The Labute approximate surface area is 178 Å². The number of Topliss-reactive ketones (excluding diaryl/α,β-unsaturated/α-hetero) is 1. The van der Waals surface area contributed by atoms with Gasteiger partial charge in [0.1, 0.15) is 5.75 Å². The lowest BCUT2D eigenvalue weighted by molar-refractivity contribution is -0.154. The molecule has 5 rings (SSSR count). The SMILES string of the molecule is CC(C)c1ccc2c(c1)OC1(O)C3=C(C(=O)C21NC(=O)c1ccnnc1)C(N)CC=C3. The molecule has 31 heavy (non-hydrogen) atoms. The zero-order valence-corrected chi connectivity index (χ0v) is 17.1. The van der Waals surface area contributed by atoms with Crippen LogP contribution in [-0.2, 0) is 10.3 Å². The van der Waals surface area contributed by atoms with Crippen molar-refractivity contribution in [1.29, 1.82) is 0 Å². The molecule has 3 atom stereocenters. The molecule has 2 heterocycles. The number of amides is 1. The van der Waals surface area contributed by atoms with Crippen LogP contribution >= 0.6 is 0 Å². The van der Waals surface area contributed by atoms with Crippen LogP contribution in [0.2, 0.25) is 0 Å². The van der Waals surface area contributed by atoms with Crippen molar-refractivity contribution in [2.24, 2.45) is 5.73 Å². The monoisotopic (exact) mass is 418 g/mol. The molecule has 0 spiro atoms. The summed E-state index contributed by atoms with van der Waals surface area (Å²) < 4.78 is 6.06. The molecule has 4 N–H and O–H groups in total. The van der Waals surface area contributed by atoms with Crippen molar-refractivity contribution in [2.75, 3.05) is 0 Å². The van der Waals surface area contributed by atoms with Crippen LogP contribution in [0.15, 0.2) is 60.0 Å². The lowest BCUT2D eigenvalue weighted by Gasteiger charge is -2.35. The molecule has 0 bridgehead atoms. The van der Waals surface area contributed by atoms with Crippen molar-refractivity contribution < 1.29 is 19.4 Å². The fraction of sp³-hybridized carbons (Fsp3) is 0.304. The van der Waals surface area contributed by atoms with E-state index in [-0.39, 0.29) is 22.6 Å². The minimum Gasteiger partial charge on any atom is -0.454 e. The van der Waals surface area contributed by atoms with Crippen LogP contribution in [0, 0.1) is 0 Å². The minimum absolute atomic E-state index is 0.205. The van der Waals surface area contributed by atoms with Crippen LogP contribution in [0.1, 0.15) is 47.7 Å². The Kier molecular flexibility index (Phi) is 4.15. The summed E-state index contributed by atoms with van der Waals surface area (Å²) >= 11 is 0. The van der Waals surface area contributed by atoms with E-state index in [0.717, 1.165) is 5.56 Å². The Bertz CT molecular complexity index is 1170. The number of carbonyl (C=O) groups excluding carboxylic acids is 2. The maximum Gasteiger partial charge on any atom is 0.270 e. The molecule has 0 saturated heterocycles. The molecule has 0 saturated carbocycles. The van der Waals surface area contributed by atoms with Gasteiger partial charge in [0, 0.05) is 22.8 Å². The predicted molar refractivity (Wildman–Crippen MR) is 111 cm³/mol. The van der Waals surface area contributed by atoms with E-state index in [9.17, 15) is 14.7 Å². The molecule has 2 aromatic rings. The number of nitrogens with two attached hydrogens (primary N) is 1. The Morgan fingerprint density at radius 1 is 1.32 bits per heavy atom. The average Bonchev–Trinajstić information content (AvgIpc) is 3.12. The number of hydrogen-bond donors (Lipinski definition) is 3. The second-order valence-corrected chi connectivity index (χ2v) is 8.39. The van der Waals surface area contributed by atoms with Gasteiger partial charge in [-0.25, -0.2) is 0 Å². The number of fused-ring (bicyclic) bond motifs is 4. The Hall–Kier alpha value is -3.36. The van der Waals surface area contributed by atoms with E-state index in [1.165, 1.54) is 18.5 Å². The third-order valence-electron chi connectivity index (χ3n) is 6.28. The molecule has 158 valence electrons. The quantitative estimate of drug-likeness (QED) is 0.689. The standard InChI is InChI=1S/C23H22N4O4/c1-12(2)13-6-7-15-18(10-13)31-23(30)16-4-3-5-17(24)19(16)20(28)22(15,23)27-21(29)14-8-9-25-26-11-14/h3-4,6-12,17,30H,5,24H2,1-2H3,(H,27,29). The number of nitrogens with zero attached hydrogens (tertiary/aromatic N) is 2. The van der Waals surface area contributed by atoms with Gasteiger partial charge in [0.25, 0.3) is 11.7 Å². The molecule has 0 fully saturated rings. The van der Waals surface area contributed by atoms with E-state index in [4.69, 9.17) is 10.5 Å². The Morgan fingerprint density at radius 2 is 2.13 bits per heavy atom. The summed E-state index contributed by atoms with van der Waals surface area (Å²) in [6.07, 6.45) is 6.59. The summed E-state index contributed by atoms with van der Waals surface area (Å²) in [4.78, 5) is 27.0. The van der Waals surface area contributed by atoms with Gasteiger partial charge in [0.05, 0.1) is 18.0 Å². The summed E-state index contributed by atoms with van der Waals surface area (Å²) in [6, 6.07) is 6.30. The number of aliphatic hydroxyl groups is 1. The molecule has 1 aromatic heterocycles. The van der Waals surface area contributed by atoms with Crippen molar-refractivity contribution in [2.45, 2.75) is 43.6 Å². The number of rotatable bonds is 3.